The smallest absolute Gasteiger partial charge is 0.408 e. The van der Waals surface area contributed by atoms with Crippen LogP contribution >= 0.6 is 0 Å². The standard InChI is InChI=1S/C16H21NO4/c1-4-20-10-12(2)15(18)13(3)17-16(19)21-11-14-8-6-5-7-9-14/h5-9,13H,2,4,10-11H2,1,3H3,(H,17,19). The maximum Gasteiger partial charge on any atom is 0.408 e. The highest BCUT2D eigenvalue weighted by atomic mass is 16.5. The summed E-state index contributed by atoms with van der Waals surface area (Å²) < 4.78 is 10.2. The summed E-state index contributed by atoms with van der Waals surface area (Å²) in [5.41, 5.74) is 1.21. The number of Topliss-reactive ketones (excluding diaryl/α,β-unsaturated/α-hetero) is 1. The second kappa shape index (κ2) is 8.92. The van der Waals surface area contributed by atoms with Gasteiger partial charge in [-0.25, -0.2) is 4.79 Å². The highest BCUT2D eigenvalue weighted by Crippen LogP contribution is 2.02. The van der Waals surface area contributed by atoms with Crippen molar-refractivity contribution in [3.05, 3.63) is 48.0 Å². The van der Waals surface area contributed by atoms with E-state index >= 15 is 0 Å². The normalized spacial score (nSPS) is 11.5. The number of ketones is 1. The van der Waals surface area contributed by atoms with Gasteiger partial charge in [-0.15, -0.1) is 0 Å². The van der Waals surface area contributed by atoms with Crippen LogP contribution in [0, 0.1) is 0 Å². The van der Waals surface area contributed by atoms with Crippen LogP contribution < -0.4 is 5.32 Å². The van der Waals surface area contributed by atoms with E-state index in [1.807, 2.05) is 37.3 Å². The van der Waals surface area contributed by atoms with Gasteiger partial charge in [0.15, 0.2) is 5.78 Å². The Morgan fingerprint density at radius 2 is 1.95 bits per heavy atom. The number of ether oxygens (including phenoxy) is 2. The lowest BCUT2D eigenvalue weighted by molar-refractivity contribution is -0.117. The van der Waals surface area contributed by atoms with Gasteiger partial charge < -0.3 is 14.8 Å². The SMILES string of the molecule is C=C(COCC)C(=O)C(C)NC(=O)OCc1ccccc1. The molecule has 1 atom stereocenters. The number of benzene rings is 1. The number of carbonyl (C=O) groups is 2. The van der Waals surface area contributed by atoms with Gasteiger partial charge in [-0.05, 0) is 19.4 Å². The van der Waals surface area contributed by atoms with Crippen LogP contribution in [0.3, 0.4) is 0 Å². The van der Waals surface area contributed by atoms with Gasteiger partial charge in [0.1, 0.15) is 6.61 Å². The third-order valence-corrected chi connectivity index (χ3v) is 2.77. The number of alkyl carbamates (subject to hydrolysis) is 1. The molecule has 5 nitrogen and oxygen atoms in total. The lowest BCUT2D eigenvalue weighted by Gasteiger charge is -2.14. The van der Waals surface area contributed by atoms with Crippen molar-refractivity contribution in [2.24, 2.45) is 0 Å². The van der Waals surface area contributed by atoms with Gasteiger partial charge in [-0.2, -0.15) is 0 Å². The van der Waals surface area contributed by atoms with E-state index in [0.29, 0.717) is 12.2 Å². The summed E-state index contributed by atoms with van der Waals surface area (Å²) in [6.07, 6.45) is -0.635. The van der Waals surface area contributed by atoms with E-state index in [-0.39, 0.29) is 19.0 Å². The fourth-order valence-electron chi connectivity index (χ4n) is 1.61. The van der Waals surface area contributed by atoms with Crippen molar-refractivity contribution < 1.29 is 19.1 Å². The molecular weight excluding hydrogens is 270 g/mol. The first-order chi connectivity index (χ1) is 10.0. The first-order valence-corrected chi connectivity index (χ1v) is 6.81. The minimum absolute atomic E-state index is 0.160. The highest BCUT2D eigenvalue weighted by Gasteiger charge is 2.18. The minimum atomic E-state index is -0.693. The zero-order valence-electron chi connectivity index (χ0n) is 12.4. The van der Waals surface area contributed by atoms with Crippen LogP contribution in [0.2, 0.25) is 0 Å². The summed E-state index contributed by atoms with van der Waals surface area (Å²) >= 11 is 0. The van der Waals surface area contributed by atoms with Crippen LogP contribution in [0.1, 0.15) is 19.4 Å². The van der Waals surface area contributed by atoms with Crippen molar-refractivity contribution >= 4 is 11.9 Å². The number of hydrogen-bond donors (Lipinski definition) is 1. The predicted molar refractivity (Wildman–Crippen MR) is 79.9 cm³/mol. The van der Waals surface area contributed by atoms with Crippen LogP contribution in [0.15, 0.2) is 42.5 Å². The van der Waals surface area contributed by atoms with Crippen molar-refractivity contribution in [2.75, 3.05) is 13.2 Å². The molecule has 0 saturated carbocycles. The summed E-state index contributed by atoms with van der Waals surface area (Å²) in [6, 6.07) is 8.62. The zero-order valence-corrected chi connectivity index (χ0v) is 12.4. The molecule has 1 unspecified atom stereocenters. The van der Waals surface area contributed by atoms with E-state index in [1.165, 1.54) is 0 Å². The van der Waals surface area contributed by atoms with E-state index < -0.39 is 12.1 Å². The van der Waals surface area contributed by atoms with Crippen molar-refractivity contribution in [1.82, 2.24) is 5.32 Å². The molecule has 0 aliphatic rings. The van der Waals surface area contributed by atoms with Crippen LogP contribution in [-0.4, -0.2) is 31.1 Å². The molecule has 0 heterocycles. The molecule has 0 aliphatic carbocycles. The van der Waals surface area contributed by atoms with Crippen LogP contribution in [0.25, 0.3) is 0 Å². The van der Waals surface area contributed by atoms with Gasteiger partial charge >= 0.3 is 6.09 Å². The lowest BCUT2D eigenvalue weighted by atomic mass is 10.1. The molecular formula is C16H21NO4. The summed E-state index contributed by atoms with van der Waals surface area (Å²) in [4.78, 5) is 23.5. The predicted octanol–water partition coefficient (Wildman–Crippen LogP) is 2.46. The molecule has 0 saturated heterocycles. The largest absolute Gasteiger partial charge is 0.445 e. The Hall–Kier alpha value is -2.14. The number of amides is 1. The summed E-state index contributed by atoms with van der Waals surface area (Å²) in [6.45, 7) is 7.90. The number of nitrogens with one attached hydrogen (secondary N) is 1. The number of carbonyl (C=O) groups excluding carboxylic acids is 2. The fraction of sp³-hybridized carbons (Fsp3) is 0.375. The second-order valence-electron chi connectivity index (χ2n) is 4.53. The Kier molecular flexibility index (Phi) is 7.18. The second-order valence-corrected chi connectivity index (χ2v) is 4.53. The topological polar surface area (TPSA) is 64.6 Å². The molecule has 0 spiro atoms. The zero-order chi connectivity index (χ0) is 15.7. The third-order valence-electron chi connectivity index (χ3n) is 2.77. The molecule has 0 radical (unpaired) electrons. The van der Waals surface area contributed by atoms with Crippen molar-refractivity contribution in [3.63, 3.8) is 0 Å². The maximum atomic E-state index is 11.9. The van der Waals surface area contributed by atoms with Crippen LogP contribution in [0.5, 0.6) is 0 Å². The number of rotatable bonds is 8. The van der Waals surface area contributed by atoms with Gasteiger partial charge in [-0.1, -0.05) is 36.9 Å². The maximum absolute atomic E-state index is 11.9. The van der Waals surface area contributed by atoms with E-state index in [2.05, 4.69) is 11.9 Å². The third kappa shape index (κ3) is 6.23. The van der Waals surface area contributed by atoms with Crippen molar-refractivity contribution in [3.8, 4) is 0 Å². The molecule has 0 aromatic heterocycles. The first-order valence-electron chi connectivity index (χ1n) is 6.81. The number of hydrogen-bond acceptors (Lipinski definition) is 4. The van der Waals surface area contributed by atoms with Crippen molar-refractivity contribution in [2.45, 2.75) is 26.5 Å². The van der Waals surface area contributed by atoms with Gasteiger partial charge in [0.25, 0.3) is 0 Å². The average Bonchev–Trinajstić information content (AvgIpc) is 2.50. The molecule has 0 aliphatic heterocycles. The molecule has 1 rings (SSSR count). The van der Waals surface area contributed by atoms with Gasteiger partial charge in [0.05, 0.1) is 12.6 Å². The van der Waals surface area contributed by atoms with Crippen LogP contribution in [-0.2, 0) is 20.9 Å². The Balaban J connectivity index is 2.36. The van der Waals surface area contributed by atoms with Crippen molar-refractivity contribution in [1.29, 1.82) is 0 Å². The first kappa shape index (κ1) is 16.9. The van der Waals surface area contributed by atoms with Gasteiger partial charge in [0.2, 0.25) is 0 Å². The average molecular weight is 291 g/mol. The lowest BCUT2D eigenvalue weighted by Crippen LogP contribution is -2.39. The molecule has 114 valence electrons. The van der Waals surface area contributed by atoms with Gasteiger partial charge in [-0.3, -0.25) is 4.79 Å². The molecule has 1 N–H and O–H groups in total. The van der Waals surface area contributed by atoms with Crippen LogP contribution in [0.4, 0.5) is 4.79 Å². The minimum Gasteiger partial charge on any atom is -0.445 e. The summed E-state index contributed by atoms with van der Waals surface area (Å²) in [5.74, 6) is -0.264. The Morgan fingerprint density at radius 1 is 1.29 bits per heavy atom. The Morgan fingerprint density at radius 3 is 2.57 bits per heavy atom. The Labute approximate surface area is 124 Å². The molecule has 5 heteroatoms. The van der Waals surface area contributed by atoms with E-state index in [4.69, 9.17) is 9.47 Å². The van der Waals surface area contributed by atoms with E-state index in [1.54, 1.807) is 6.92 Å². The van der Waals surface area contributed by atoms with E-state index in [0.717, 1.165) is 5.56 Å². The van der Waals surface area contributed by atoms with E-state index in [9.17, 15) is 9.59 Å². The Bertz CT molecular complexity index is 484. The quantitative estimate of drug-likeness (QED) is 0.747. The molecule has 21 heavy (non-hydrogen) atoms. The van der Waals surface area contributed by atoms with Gasteiger partial charge in [0, 0.05) is 12.2 Å². The molecule has 1 aromatic rings. The summed E-state index contributed by atoms with van der Waals surface area (Å²) in [5, 5.41) is 2.48. The summed E-state index contributed by atoms with van der Waals surface area (Å²) in [7, 11) is 0. The monoisotopic (exact) mass is 291 g/mol. The molecule has 0 fully saturated rings. The molecule has 1 aromatic carbocycles. The highest BCUT2D eigenvalue weighted by molar-refractivity contribution is 6.00. The molecule has 1 amide bonds. The fourth-order valence-corrected chi connectivity index (χ4v) is 1.61. The molecule has 0 bridgehead atoms.